The highest BCUT2D eigenvalue weighted by Gasteiger charge is 2.05. The van der Waals surface area contributed by atoms with Crippen LogP contribution in [0.2, 0.25) is 0 Å². The summed E-state index contributed by atoms with van der Waals surface area (Å²) < 4.78 is 0. The molecule has 0 aromatic heterocycles. The maximum Gasteiger partial charge on any atom is 0.115 e. The summed E-state index contributed by atoms with van der Waals surface area (Å²) >= 11 is 0. The van der Waals surface area contributed by atoms with Gasteiger partial charge in [-0.3, -0.25) is 0 Å². The molecule has 2 N–H and O–H groups in total. The first-order valence-electron chi connectivity index (χ1n) is 6.02. The lowest BCUT2D eigenvalue weighted by Crippen LogP contribution is -2.30. The molecule has 17 heavy (non-hydrogen) atoms. The highest BCUT2D eigenvalue weighted by molar-refractivity contribution is 5.25. The Morgan fingerprint density at radius 3 is 2.53 bits per heavy atom. The van der Waals surface area contributed by atoms with Gasteiger partial charge in [-0.25, -0.2) is 0 Å². The van der Waals surface area contributed by atoms with Crippen LogP contribution in [0.15, 0.2) is 24.3 Å². The topological polar surface area (TPSA) is 56.0 Å². The van der Waals surface area contributed by atoms with Gasteiger partial charge in [-0.2, -0.15) is 5.26 Å². The van der Waals surface area contributed by atoms with Crippen LogP contribution in [0.3, 0.4) is 0 Å². The highest BCUT2D eigenvalue weighted by atomic mass is 16.3. The number of phenolic OH excluding ortho intramolecular Hbond substituents is 1. The molecular weight excluding hydrogens is 212 g/mol. The van der Waals surface area contributed by atoms with Crippen molar-refractivity contribution >= 4 is 0 Å². The number of nitriles is 1. The lowest BCUT2D eigenvalue weighted by atomic mass is 10.1. The van der Waals surface area contributed by atoms with Crippen molar-refractivity contribution in [3.8, 4) is 11.8 Å². The summed E-state index contributed by atoms with van der Waals surface area (Å²) in [6.07, 6.45) is 2.01. The van der Waals surface area contributed by atoms with Crippen molar-refractivity contribution in [3.63, 3.8) is 0 Å². The van der Waals surface area contributed by atoms with E-state index in [1.165, 1.54) is 5.56 Å². The zero-order valence-corrected chi connectivity index (χ0v) is 10.5. The van der Waals surface area contributed by atoms with Crippen molar-refractivity contribution < 1.29 is 5.11 Å². The van der Waals surface area contributed by atoms with E-state index in [0.29, 0.717) is 11.8 Å². The Hall–Kier alpha value is -1.53. The van der Waals surface area contributed by atoms with Crippen molar-refractivity contribution in [2.24, 2.45) is 5.92 Å². The number of aromatic hydroxyl groups is 1. The van der Waals surface area contributed by atoms with Gasteiger partial charge in [0, 0.05) is 12.6 Å². The fourth-order valence-electron chi connectivity index (χ4n) is 1.57. The Labute approximate surface area is 103 Å². The van der Waals surface area contributed by atoms with E-state index in [9.17, 15) is 0 Å². The SMILES string of the molecule is CC(C#N)CNC(C)CCc1ccc(O)cc1. The normalized spacial score (nSPS) is 13.9. The van der Waals surface area contributed by atoms with Crippen LogP contribution in [-0.4, -0.2) is 17.7 Å². The molecule has 1 rings (SSSR count). The number of nitrogens with one attached hydrogen (secondary N) is 1. The number of benzene rings is 1. The van der Waals surface area contributed by atoms with Crippen LogP contribution in [0, 0.1) is 17.2 Å². The molecule has 2 atom stereocenters. The number of hydrogen-bond acceptors (Lipinski definition) is 3. The predicted molar refractivity (Wildman–Crippen MR) is 68.7 cm³/mol. The van der Waals surface area contributed by atoms with Gasteiger partial charge in [0.1, 0.15) is 5.75 Å². The van der Waals surface area contributed by atoms with Gasteiger partial charge in [0.25, 0.3) is 0 Å². The largest absolute Gasteiger partial charge is 0.508 e. The summed E-state index contributed by atoms with van der Waals surface area (Å²) in [4.78, 5) is 0. The molecule has 0 heterocycles. The van der Waals surface area contributed by atoms with Crippen LogP contribution < -0.4 is 5.32 Å². The molecule has 3 heteroatoms. The summed E-state index contributed by atoms with van der Waals surface area (Å²) in [6, 6.07) is 9.93. The summed E-state index contributed by atoms with van der Waals surface area (Å²) in [7, 11) is 0. The van der Waals surface area contributed by atoms with Crippen LogP contribution in [-0.2, 0) is 6.42 Å². The Morgan fingerprint density at radius 2 is 1.94 bits per heavy atom. The number of aryl methyl sites for hydroxylation is 1. The minimum Gasteiger partial charge on any atom is -0.508 e. The molecule has 0 aliphatic carbocycles. The minimum atomic E-state index is 0.0612. The van der Waals surface area contributed by atoms with Crippen molar-refractivity contribution in [3.05, 3.63) is 29.8 Å². The van der Waals surface area contributed by atoms with E-state index in [4.69, 9.17) is 10.4 Å². The fraction of sp³-hybridized carbons (Fsp3) is 0.500. The second-order valence-corrected chi connectivity index (χ2v) is 4.54. The van der Waals surface area contributed by atoms with Gasteiger partial charge in [0.15, 0.2) is 0 Å². The van der Waals surface area contributed by atoms with E-state index in [-0.39, 0.29) is 5.92 Å². The molecule has 1 aromatic rings. The number of hydrogen-bond donors (Lipinski definition) is 2. The molecule has 3 nitrogen and oxygen atoms in total. The third-order valence-electron chi connectivity index (χ3n) is 2.80. The van der Waals surface area contributed by atoms with Gasteiger partial charge in [-0.05, 0) is 44.4 Å². The zero-order valence-electron chi connectivity index (χ0n) is 10.5. The molecule has 0 fully saturated rings. The Morgan fingerprint density at radius 1 is 1.29 bits per heavy atom. The van der Waals surface area contributed by atoms with Gasteiger partial charge in [0.2, 0.25) is 0 Å². The molecule has 1 aromatic carbocycles. The van der Waals surface area contributed by atoms with Crippen molar-refractivity contribution in [2.45, 2.75) is 32.7 Å². The maximum atomic E-state index is 9.16. The Kier molecular flexibility index (Phi) is 5.51. The van der Waals surface area contributed by atoms with Crippen LogP contribution in [0.25, 0.3) is 0 Å². The minimum absolute atomic E-state index is 0.0612. The monoisotopic (exact) mass is 232 g/mol. The number of rotatable bonds is 6. The van der Waals surface area contributed by atoms with E-state index < -0.39 is 0 Å². The van der Waals surface area contributed by atoms with E-state index in [1.54, 1.807) is 12.1 Å². The second-order valence-electron chi connectivity index (χ2n) is 4.54. The van der Waals surface area contributed by atoms with Crippen LogP contribution in [0.1, 0.15) is 25.8 Å². The zero-order chi connectivity index (χ0) is 12.7. The van der Waals surface area contributed by atoms with E-state index in [0.717, 1.165) is 19.4 Å². The van der Waals surface area contributed by atoms with Gasteiger partial charge < -0.3 is 10.4 Å². The molecule has 0 radical (unpaired) electrons. The fourth-order valence-corrected chi connectivity index (χ4v) is 1.57. The summed E-state index contributed by atoms with van der Waals surface area (Å²) in [5.41, 5.74) is 1.23. The standard InChI is InChI=1S/C14H20N2O/c1-11(9-15)10-16-12(2)3-4-13-5-7-14(17)8-6-13/h5-8,11-12,16-17H,3-4,10H2,1-2H3. The lowest BCUT2D eigenvalue weighted by Gasteiger charge is -2.14. The van der Waals surface area contributed by atoms with Crippen LogP contribution >= 0.6 is 0 Å². The summed E-state index contributed by atoms with van der Waals surface area (Å²) in [5.74, 6) is 0.369. The van der Waals surface area contributed by atoms with E-state index >= 15 is 0 Å². The molecular formula is C14H20N2O. The molecule has 0 saturated heterocycles. The first-order valence-corrected chi connectivity index (χ1v) is 6.02. The molecule has 0 bridgehead atoms. The van der Waals surface area contributed by atoms with Gasteiger partial charge in [-0.15, -0.1) is 0 Å². The van der Waals surface area contributed by atoms with Crippen molar-refractivity contribution in [1.29, 1.82) is 5.26 Å². The molecule has 0 spiro atoms. The Balaban J connectivity index is 2.26. The first kappa shape index (κ1) is 13.5. The van der Waals surface area contributed by atoms with Gasteiger partial charge in [0.05, 0.1) is 12.0 Å². The molecule has 2 unspecified atom stereocenters. The molecule has 0 aliphatic heterocycles. The first-order chi connectivity index (χ1) is 8.11. The summed E-state index contributed by atoms with van der Waals surface area (Å²) in [6.45, 7) is 4.79. The lowest BCUT2D eigenvalue weighted by molar-refractivity contribution is 0.474. The van der Waals surface area contributed by atoms with Crippen molar-refractivity contribution in [2.75, 3.05) is 6.54 Å². The number of phenols is 1. The number of nitrogens with zero attached hydrogens (tertiary/aromatic N) is 1. The van der Waals surface area contributed by atoms with Crippen LogP contribution in [0.5, 0.6) is 5.75 Å². The average molecular weight is 232 g/mol. The Bertz CT molecular complexity index is 367. The molecule has 0 amide bonds. The third kappa shape index (κ3) is 5.37. The molecule has 0 aliphatic rings. The second kappa shape index (κ2) is 6.93. The third-order valence-corrected chi connectivity index (χ3v) is 2.80. The quantitative estimate of drug-likeness (QED) is 0.792. The highest BCUT2D eigenvalue weighted by Crippen LogP contribution is 2.11. The van der Waals surface area contributed by atoms with Gasteiger partial charge in [-0.1, -0.05) is 12.1 Å². The van der Waals surface area contributed by atoms with Crippen LogP contribution in [0.4, 0.5) is 0 Å². The van der Waals surface area contributed by atoms with E-state index in [2.05, 4.69) is 18.3 Å². The summed E-state index contributed by atoms with van der Waals surface area (Å²) in [5, 5.41) is 21.2. The predicted octanol–water partition coefficient (Wildman–Crippen LogP) is 2.46. The van der Waals surface area contributed by atoms with Gasteiger partial charge >= 0.3 is 0 Å². The molecule has 0 saturated carbocycles. The van der Waals surface area contributed by atoms with E-state index in [1.807, 2.05) is 19.1 Å². The maximum absolute atomic E-state index is 9.16. The average Bonchev–Trinajstić information content (AvgIpc) is 2.35. The molecule has 92 valence electrons. The van der Waals surface area contributed by atoms with Crippen molar-refractivity contribution in [1.82, 2.24) is 5.32 Å². The smallest absolute Gasteiger partial charge is 0.115 e.